The Labute approximate surface area is 282 Å². The molecule has 0 aliphatic heterocycles. The van der Waals surface area contributed by atoms with Gasteiger partial charge in [0, 0.05) is 25.0 Å². The predicted octanol–water partition coefficient (Wildman–Crippen LogP) is 10.9. The molecule has 8 heteroatoms. The minimum absolute atomic E-state index is 0.206. The molecule has 0 radical (unpaired) electrons. The molecule has 46 heavy (non-hydrogen) atoms. The van der Waals surface area contributed by atoms with Gasteiger partial charge in [-0.25, -0.2) is 0 Å². The largest absolute Gasteiger partial charge is 0.474 e. The number of rotatable bonds is 25. The van der Waals surface area contributed by atoms with Gasteiger partial charge in [0.05, 0.1) is 23.3 Å². The van der Waals surface area contributed by atoms with Crippen molar-refractivity contribution >= 4 is 38.9 Å². The van der Waals surface area contributed by atoms with Crippen molar-refractivity contribution in [3.05, 3.63) is 35.8 Å². The van der Waals surface area contributed by atoms with Crippen LogP contribution < -0.4 is 10.8 Å². The van der Waals surface area contributed by atoms with E-state index in [1.165, 1.54) is 88.6 Å². The van der Waals surface area contributed by atoms with Gasteiger partial charge in [0.25, 0.3) is 0 Å². The van der Waals surface area contributed by atoms with E-state index in [1.54, 1.807) is 0 Å². The summed E-state index contributed by atoms with van der Waals surface area (Å²) in [5, 5.41) is 2.32. The van der Waals surface area contributed by atoms with Gasteiger partial charge in [0.15, 0.2) is 0 Å². The first-order chi connectivity index (χ1) is 22.1. The van der Waals surface area contributed by atoms with Crippen LogP contribution in [0.1, 0.15) is 156 Å². The fourth-order valence-electron chi connectivity index (χ4n) is 7.20. The van der Waals surface area contributed by atoms with Gasteiger partial charge in [-0.15, -0.1) is 0 Å². The zero-order chi connectivity index (χ0) is 34.0. The molecule has 0 bridgehead atoms. The molecule has 2 aromatic rings. The lowest BCUT2D eigenvalue weighted by atomic mass is 10.0. The Morgan fingerprint density at radius 1 is 0.543 bits per heavy atom. The Kier molecular flexibility index (Phi) is 18.3. The molecule has 0 aliphatic rings. The van der Waals surface area contributed by atoms with Crippen LogP contribution in [0.15, 0.2) is 33.5 Å². The maximum atomic E-state index is 11.8. The Morgan fingerprint density at radius 3 is 1.09 bits per heavy atom. The molecule has 0 N–H and O–H groups in total. The number of hydrogen-bond acceptors (Lipinski definition) is 6. The second-order valence-electron chi connectivity index (χ2n) is 13.5. The fraction of sp³-hybridized carbons (Fsp3) is 0.737. The highest BCUT2D eigenvalue weighted by atomic mass is 28.3. The topological polar surface area (TPSA) is 78.9 Å². The fourth-order valence-corrected chi connectivity index (χ4v) is 13.9. The van der Waals surface area contributed by atoms with E-state index in [9.17, 15) is 9.59 Å². The Hall–Kier alpha value is -2.07. The molecule has 2 rings (SSSR count). The maximum absolute atomic E-state index is 11.8. The Balaban J connectivity index is 1.67. The summed E-state index contributed by atoms with van der Waals surface area (Å²) in [6.45, 7) is 16.7. The lowest BCUT2D eigenvalue weighted by molar-refractivity contribution is -0.148. The lowest BCUT2D eigenvalue weighted by Gasteiger charge is -2.24. The number of carbonyl (C=O) groups excluding carboxylic acids is 2. The molecular formula is C38H66O6Si2. The first-order valence-corrected chi connectivity index (χ1v) is 23.9. The van der Waals surface area contributed by atoms with Crippen molar-refractivity contribution < 1.29 is 27.9 Å². The van der Waals surface area contributed by atoms with Crippen molar-refractivity contribution in [1.82, 2.24) is 0 Å². The molecule has 6 nitrogen and oxygen atoms in total. The summed E-state index contributed by atoms with van der Waals surface area (Å²) in [5.41, 5.74) is 2.05. The summed E-state index contributed by atoms with van der Waals surface area (Å²) in [4.78, 5) is 23.7. The molecule has 0 aromatic carbocycles. The monoisotopic (exact) mass is 674 g/mol. The van der Waals surface area contributed by atoms with Gasteiger partial charge in [-0.05, 0) is 37.8 Å². The molecule has 2 aromatic heterocycles. The SMILES string of the molecule is CC[Si](CC)(CC)c1cc(C(CCCCCCCCCCCCC(OC(C)=O)c2coc([Si](CC)(CC)CC)c2)OC(C)=O)co1. The van der Waals surface area contributed by atoms with Crippen LogP contribution in [-0.2, 0) is 19.1 Å². The summed E-state index contributed by atoms with van der Waals surface area (Å²) in [6, 6.07) is 11.4. The zero-order valence-electron chi connectivity index (χ0n) is 30.6. The highest BCUT2D eigenvalue weighted by Gasteiger charge is 2.35. The third kappa shape index (κ3) is 11.9. The summed E-state index contributed by atoms with van der Waals surface area (Å²) in [7, 11) is -3.18. The van der Waals surface area contributed by atoms with Gasteiger partial charge < -0.3 is 18.3 Å². The van der Waals surface area contributed by atoms with Crippen molar-refractivity contribution in [3.63, 3.8) is 0 Å². The summed E-state index contributed by atoms with van der Waals surface area (Å²) in [6.07, 6.45) is 16.9. The third-order valence-electron chi connectivity index (χ3n) is 10.9. The van der Waals surface area contributed by atoms with Crippen LogP contribution in [0.2, 0.25) is 36.3 Å². The van der Waals surface area contributed by atoms with Gasteiger partial charge in [0.2, 0.25) is 0 Å². The molecule has 0 aliphatic carbocycles. The van der Waals surface area contributed by atoms with Crippen molar-refractivity contribution in [3.8, 4) is 0 Å². The van der Waals surface area contributed by atoms with Crippen molar-refractivity contribution in [1.29, 1.82) is 0 Å². The highest BCUT2D eigenvalue weighted by Crippen LogP contribution is 2.30. The first kappa shape index (κ1) is 40.1. The normalized spacial score (nSPS) is 13.5. The number of esters is 2. The van der Waals surface area contributed by atoms with Crippen LogP contribution in [0.5, 0.6) is 0 Å². The standard InChI is InChI=1S/C38H66O6Si2/c1-9-45(10-2,11-3)37-27-33(29-41-37)35(43-31(7)39)25-23-21-19-17-15-16-18-20-22-24-26-36(44-32(8)40)34-28-38(42-30-34)46(12-4,13-5)14-6/h27-30,35-36H,9-26H2,1-8H3. The van der Waals surface area contributed by atoms with Gasteiger partial charge in [-0.3, -0.25) is 9.59 Å². The molecule has 0 amide bonds. The van der Waals surface area contributed by atoms with Gasteiger partial charge >= 0.3 is 11.9 Å². The number of unbranched alkanes of at least 4 members (excludes halogenated alkanes) is 9. The molecule has 2 heterocycles. The number of furan rings is 2. The molecule has 0 saturated carbocycles. The number of carbonyl (C=O) groups is 2. The van der Waals surface area contributed by atoms with Gasteiger partial charge in [-0.1, -0.05) is 129 Å². The maximum Gasteiger partial charge on any atom is 0.303 e. The summed E-state index contributed by atoms with van der Waals surface area (Å²) in [5.74, 6) is -0.447. The average molecular weight is 675 g/mol. The number of hydrogen-bond donors (Lipinski definition) is 0. The van der Waals surface area contributed by atoms with Crippen molar-refractivity contribution in [2.75, 3.05) is 0 Å². The van der Waals surface area contributed by atoms with Crippen molar-refractivity contribution in [2.24, 2.45) is 0 Å². The van der Waals surface area contributed by atoms with Crippen LogP contribution in [0.4, 0.5) is 0 Å². The Bertz CT molecular complexity index is 1030. The highest BCUT2D eigenvalue weighted by molar-refractivity contribution is 6.91. The van der Waals surface area contributed by atoms with Crippen LogP contribution in [0, 0.1) is 0 Å². The van der Waals surface area contributed by atoms with Crippen molar-refractivity contribution in [2.45, 2.75) is 181 Å². The van der Waals surface area contributed by atoms with E-state index < -0.39 is 16.1 Å². The molecule has 0 saturated heterocycles. The molecule has 0 fully saturated rings. The minimum atomic E-state index is -1.59. The summed E-state index contributed by atoms with van der Waals surface area (Å²) >= 11 is 0. The Morgan fingerprint density at radius 2 is 0.826 bits per heavy atom. The van der Waals surface area contributed by atoms with E-state index in [0.717, 1.165) is 60.4 Å². The molecule has 2 unspecified atom stereocenters. The van der Waals surface area contributed by atoms with Crippen LogP contribution in [0.25, 0.3) is 0 Å². The van der Waals surface area contributed by atoms with Crippen LogP contribution >= 0.6 is 0 Å². The van der Waals surface area contributed by atoms with E-state index in [4.69, 9.17) is 18.3 Å². The second-order valence-corrected chi connectivity index (χ2v) is 23.8. The lowest BCUT2D eigenvalue weighted by Crippen LogP contribution is -2.44. The molecule has 262 valence electrons. The van der Waals surface area contributed by atoms with Crippen LogP contribution in [0.3, 0.4) is 0 Å². The minimum Gasteiger partial charge on any atom is -0.474 e. The quantitative estimate of drug-likeness (QED) is 0.0592. The number of ether oxygens (including phenoxy) is 2. The summed E-state index contributed by atoms with van der Waals surface area (Å²) < 4.78 is 23.6. The average Bonchev–Trinajstić information content (AvgIpc) is 3.74. The van der Waals surface area contributed by atoms with Crippen LogP contribution in [-0.4, -0.2) is 28.1 Å². The van der Waals surface area contributed by atoms with Gasteiger partial charge in [0.1, 0.15) is 28.4 Å². The molecule has 0 spiro atoms. The second kappa shape index (κ2) is 21.0. The predicted molar refractivity (Wildman–Crippen MR) is 195 cm³/mol. The first-order valence-electron chi connectivity index (χ1n) is 18.7. The molecular weight excluding hydrogens is 609 g/mol. The molecule has 2 atom stereocenters. The zero-order valence-corrected chi connectivity index (χ0v) is 32.6. The van der Waals surface area contributed by atoms with E-state index in [2.05, 4.69) is 53.7 Å². The van der Waals surface area contributed by atoms with E-state index >= 15 is 0 Å². The third-order valence-corrected chi connectivity index (χ3v) is 21.6. The van der Waals surface area contributed by atoms with Gasteiger partial charge in [-0.2, -0.15) is 0 Å². The van der Waals surface area contributed by atoms with E-state index in [0.29, 0.717) is 0 Å². The van der Waals surface area contributed by atoms with E-state index in [1.807, 2.05) is 12.5 Å². The smallest absolute Gasteiger partial charge is 0.303 e. The van der Waals surface area contributed by atoms with E-state index in [-0.39, 0.29) is 24.1 Å².